The lowest BCUT2D eigenvalue weighted by molar-refractivity contribution is -0.165. The highest BCUT2D eigenvalue weighted by Gasteiger charge is 2.51. The van der Waals surface area contributed by atoms with Crippen LogP contribution in [0.15, 0.2) is 28.8 Å². The van der Waals surface area contributed by atoms with E-state index in [1.165, 1.54) is 6.07 Å². The molecule has 42 heavy (non-hydrogen) atoms. The Morgan fingerprint density at radius 1 is 1.17 bits per heavy atom. The lowest BCUT2D eigenvalue weighted by Gasteiger charge is -2.46. The van der Waals surface area contributed by atoms with Crippen LogP contribution in [0.1, 0.15) is 68.4 Å². The Hall–Kier alpha value is -3.73. The minimum atomic E-state index is -1.22. The van der Waals surface area contributed by atoms with Crippen LogP contribution < -0.4 is 4.74 Å². The molecule has 6 rings (SSSR count). The molecule has 2 aliphatic heterocycles. The van der Waals surface area contributed by atoms with Gasteiger partial charge in [0.15, 0.2) is 5.82 Å². The number of carbonyl (C=O) groups excluding carboxylic acids is 2. The smallest absolute Gasteiger partial charge is 0.310 e. The maximum absolute atomic E-state index is 14.3. The molecule has 0 bridgehead atoms. The third-order valence-electron chi connectivity index (χ3n) is 9.07. The second-order valence-electron chi connectivity index (χ2n) is 11.5. The summed E-state index contributed by atoms with van der Waals surface area (Å²) >= 11 is 6.65. The lowest BCUT2D eigenvalue weighted by Crippen LogP contribution is -2.54. The molecule has 2 aromatic carbocycles. The maximum Gasteiger partial charge on any atom is 0.310 e. The first kappa shape index (κ1) is 28.4. The Morgan fingerprint density at radius 2 is 1.98 bits per heavy atom. The summed E-state index contributed by atoms with van der Waals surface area (Å²) in [7, 11) is 0. The first-order valence-electron chi connectivity index (χ1n) is 14.1. The first-order valence-corrected chi connectivity index (χ1v) is 14.5. The van der Waals surface area contributed by atoms with Gasteiger partial charge >= 0.3 is 5.97 Å². The van der Waals surface area contributed by atoms with E-state index in [1.807, 2.05) is 0 Å². The average molecular weight is 602 g/mol. The van der Waals surface area contributed by atoms with Crippen molar-refractivity contribution in [2.24, 2.45) is 11.3 Å². The van der Waals surface area contributed by atoms with Crippen LogP contribution in [0, 0.1) is 23.0 Å². The van der Waals surface area contributed by atoms with Crippen LogP contribution in [0.2, 0.25) is 5.02 Å². The van der Waals surface area contributed by atoms with Gasteiger partial charge in [-0.05, 0) is 62.4 Å². The second kappa shape index (κ2) is 10.8. The second-order valence-corrected chi connectivity index (χ2v) is 11.9. The van der Waals surface area contributed by atoms with E-state index in [0.717, 1.165) is 24.5 Å². The highest BCUT2D eigenvalue weighted by atomic mass is 35.5. The number of rotatable bonds is 6. The van der Waals surface area contributed by atoms with Gasteiger partial charge in [-0.2, -0.15) is 4.39 Å². The van der Waals surface area contributed by atoms with E-state index < -0.39 is 35.1 Å². The predicted octanol–water partition coefficient (Wildman–Crippen LogP) is 5.63. The molecule has 1 aromatic heterocycles. The number of amides is 2. The van der Waals surface area contributed by atoms with Crippen molar-refractivity contribution in [2.75, 3.05) is 13.1 Å². The highest BCUT2D eigenvalue weighted by Crippen LogP contribution is 2.47. The molecule has 2 amide bonds. The van der Waals surface area contributed by atoms with E-state index in [2.05, 4.69) is 5.16 Å². The fraction of sp³-hybridized carbons (Fsp3) is 0.467. The van der Waals surface area contributed by atoms with Gasteiger partial charge in [-0.3, -0.25) is 14.4 Å². The molecule has 3 aliphatic rings. The number of carboxylic acids is 1. The van der Waals surface area contributed by atoms with Crippen LogP contribution in [0.5, 0.6) is 5.75 Å². The van der Waals surface area contributed by atoms with Gasteiger partial charge in [-0.1, -0.05) is 29.6 Å². The van der Waals surface area contributed by atoms with Gasteiger partial charge in [-0.15, -0.1) is 0 Å². The number of hydrogen-bond acceptors (Lipinski definition) is 6. The number of halogens is 3. The summed E-state index contributed by atoms with van der Waals surface area (Å²) in [5.74, 6) is -4.03. The van der Waals surface area contributed by atoms with E-state index >= 15 is 0 Å². The van der Waals surface area contributed by atoms with Crippen molar-refractivity contribution in [3.05, 3.63) is 57.7 Å². The third-order valence-corrected chi connectivity index (χ3v) is 9.43. The number of aliphatic carboxylic acids is 1. The minimum Gasteiger partial charge on any atom is -0.487 e. The fourth-order valence-corrected chi connectivity index (χ4v) is 6.97. The summed E-state index contributed by atoms with van der Waals surface area (Å²) in [5, 5.41) is 14.7. The van der Waals surface area contributed by atoms with E-state index in [-0.39, 0.29) is 41.6 Å². The molecule has 3 atom stereocenters. The van der Waals surface area contributed by atoms with Crippen LogP contribution in [-0.4, -0.2) is 50.9 Å². The van der Waals surface area contributed by atoms with Crippen molar-refractivity contribution in [3.8, 4) is 5.75 Å². The van der Waals surface area contributed by atoms with E-state index in [9.17, 15) is 28.3 Å². The SMILES string of the molecule is C[C@]1(C(=O)O)CCCCC1C(=O)N1CCc2c(Cl)ccc(OCc3noc4c(F)c(F)ccc34)c2C1N1CCCC1=O. The Labute approximate surface area is 245 Å². The van der Waals surface area contributed by atoms with E-state index in [0.29, 0.717) is 55.0 Å². The zero-order valence-electron chi connectivity index (χ0n) is 23.0. The number of benzene rings is 2. The minimum absolute atomic E-state index is 0.124. The van der Waals surface area contributed by atoms with Crippen molar-refractivity contribution in [1.82, 2.24) is 15.0 Å². The number of aromatic nitrogens is 1. The van der Waals surface area contributed by atoms with Gasteiger partial charge in [0.05, 0.1) is 16.7 Å². The molecule has 9 nitrogen and oxygen atoms in total. The van der Waals surface area contributed by atoms with Crippen LogP contribution >= 0.6 is 11.6 Å². The third kappa shape index (κ3) is 4.58. The largest absolute Gasteiger partial charge is 0.487 e. The normalized spacial score (nSPS) is 24.2. The molecule has 3 aromatic rings. The van der Waals surface area contributed by atoms with E-state index in [4.69, 9.17) is 20.9 Å². The number of ether oxygens (including phenoxy) is 1. The number of carbonyl (C=O) groups is 3. The molecule has 0 radical (unpaired) electrons. The zero-order chi connectivity index (χ0) is 29.8. The van der Waals surface area contributed by atoms with Crippen LogP contribution in [0.4, 0.5) is 8.78 Å². The highest BCUT2D eigenvalue weighted by molar-refractivity contribution is 6.31. The summed E-state index contributed by atoms with van der Waals surface area (Å²) in [6.07, 6.45) is 2.79. The summed E-state index contributed by atoms with van der Waals surface area (Å²) in [5.41, 5.74) is -0.0190. The number of likely N-dealkylation sites (tertiary alicyclic amines) is 1. The van der Waals surface area contributed by atoms with Crippen molar-refractivity contribution < 1.29 is 37.5 Å². The summed E-state index contributed by atoms with van der Waals surface area (Å²) in [6.45, 7) is 2.14. The quantitative estimate of drug-likeness (QED) is 0.390. The van der Waals surface area contributed by atoms with Crippen molar-refractivity contribution in [3.63, 3.8) is 0 Å². The van der Waals surface area contributed by atoms with Crippen molar-refractivity contribution in [2.45, 2.75) is 64.6 Å². The first-order chi connectivity index (χ1) is 20.1. The predicted molar refractivity (Wildman–Crippen MR) is 147 cm³/mol. The number of fused-ring (bicyclic) bond motifs is 2. The molecule has 1 saturated heterocycles. The van der Waals surface area contributed by atoms with Gasteiger partial charge in [0.2, 0.25) is 23.2 Å². The number of hydrogen-bond donors (Lipinski definition) is 1. The molecule has 2 unspecified atom stereocenters. The van der Waals surface area contributed by atoms with Gasteiger partial charge in [0.1, 0.15) is 24.2 Å². The van der Waals surface area contributed by atoms with Gasteiger partial charge in [0, 0.05) is 30.1 Å². The lowest BCUT2D eigenvalue weighted by atomic mass is 9.66. The molecule has 1 saturated carbocycles. The Balaban J connectivity index is 1.40. The topological polar surface area (TPSA) is 113 Å². The molecular weight excluding hydrogens is 572 g/mol. The van der Waals surface area contributed by atoms with E-state index in [1.54, 1.807) is 28.9 Å². The maximum atomic E-state index is 14.3. The Morgan fingerprint density at radius 3 is 2.71 bits per heavy atom. The molecule has 2 fully saturated rings. The van der Waals surface area contributed by atoms with Gasteiger partial charge in [0.25, 0.3) is 0 Å². The molecule has 12 heteroatoms. The number of carboxylic acid groups (broad SMARTS) is 1. The number of nitrogens with zero attached hydrogens (tertiary/aromatic N) is 3. The van der Waals surface area contributed by atoms with Crippen LogP contribution in [-0.2, 0) is 27.4 Å². The summed E-state index contributed by atoms with van der Waals surface area (Å²) in [4.78, 5) is 43.0. The molecule has 1 aliphatic carbocycles. The molecule has 0 spiro atoms. The van der Waals surface area contributed by atoms with Crippen molar-refractivity contribution >= 4 is 40.4 Å². The summed E-state index contributed by atoms with van der Waals surface area (Å²) in [6, 6.07) is 5.66. The fourth-order valence-electron chi connectivity index (χ4n) is 6.71. The van der Waals surface area contributed by atoms with Crippen LogP contribution in [0.25, 0.3) is 11.0 Å². The molecule has 1 N–H and O–H groups in total. The molecule has 3 heterocycles. The standard InChI is InChI=1S/C30H30ClF2N3O6/c1-30(29(39)40)12-3-2-5-18(30)28(38)36-14-11-16-19(31)8-10-22(24(16)27(36)35-13-4-6-23(35)37)41-15-21-17-7-9-20(32)25(33)26(17)42-34-21/h7-10,18,27H,2-6,11-15H2,1H3,(H,39,40)/t18?,27?,30-/m0/s1. The average Bonchev–Trinajstić information content (AvgIpc) is 3.60. The van der Waals surface area contributed by atoms with Crippen molar-refractivity contribution in [1.29, 1.82) is 0 Å². The Bertz CT molecular complexity index is 1590. The molecule has 222 valence electrons. The molecular formula is C30H30ClF2N3O6. The van der Waals surface area contributed by atoms with Crippen LogP contribution in [0.3, 0.4) is 0 Å². The monoisotopic (exact) mass is 601 g/mol. The summed E-state index contributed by atoms with van der Waals surface area (Å²) < 4.78 is 39.1. The Kier molecular flexibility index (Phi) is 7.32. The van der Waals surface area contributed by atoms with Gasteiger partial charge in [-0.25, -0.2) is 4.39 Å². The zero-order valence-corrected chi connectivity index (χ0v) is 23.8. The van der Waals surface area contributed by atoms with Gasteiger partial charge < -0.3 is 24.2 Å².